The first-order valence-corrected chi connectivity index (χ1v) is 8.90. The van der Waals surface area contributed by atoms with Crippen LogP contribution in [0.3, 0.4) is 0 Å². The molecule has 0 atom stereocenters. The average Bonchev–Trinajstić information content (AvgIpc) is 3.01. The summed E-state index contributed by atoms with van der Waals surface area (Å²) in [6.45, 7) is 4.03. The van der Waals surface area contributed by atoms with Gasteiger partial charge in [-0.05, 0) is 49.4 Å². The van der Waals surface area contributed by atoms with Crippen LogP contribution in [0.4, 0.5) is 0 Å². The molecule has 2 aromatic heterocycles. The molecule has 0 spiro atoms. The molecule has 0 aliphatic carbocycles. The Bertz CT molecular complexity index is 894. The van der Waals surface area contributed by atoms with Crippen LogP contribution < -0.4 is 0 Å². The van der Waals surface area contributed by atoms with E-state index in [9.17, 15) is 4.79 Å². The molecule has 0 radical (unpaired) electrons. The lowest BCUT2D eigenvalue weighted by Crippen LogP contribution is -2.07. The highest BCUT2D eigenvalue weighted by Crippen LogP contribution is 2.31. The van der Waals surface area contributed by atoms with Crippen molar-refractivity contribution in [1.29, 1.82) is 0 Å². The summed E-state index contributed by atoms with van der Waals surface area (Å²) in [4.78, 5) is 16.5. The molecule has 2 heterocycles. The van der Waals surface area contributed by atoms with Gasteiger partial charge in [0.2, 0.25) is 0 Å². The fourth-order valence-corrected chi connectivity index (χ4v) is 3.23. The van der Waals surface area contributed by atoms with Crippen LogP contribution in [0.15, 0.2) is 58.7 Å². The molecule has 0 N–H and O–H groups in total. The zero-order valence-electron chi connectivity index (χ0n) is 13.8. The van der Waals surface area contributed by atoms with Crippen LogP contribution in [-0.4, -0.2) is 27.3 Å². The summed E-state index contributed by atoms with van der Waals surface area (Å²) in [6.07, 6.45) is 1.80. The molecule has 7 heteroatoms. The van der Waals surface area contributed by atoms with Crippen molar-refractivity contribution in [2.75, 3.05) is 6.61 Å². The maximum Gasteiger partial charge on any atom is 0.358 e. The molecule has 0 fully saturated rings. The first kappa shape index (κ1) is 17.5. The molecule has 0 unspecified atom stereocenters. The minimum absolute atomic E-state index is 0.233. The Hall–Kier alpha value is -2.31. The minimum atomic E-state index is -0.466. The molecular formula is C18H16ClN3O2S. The lowest BCUT2D eigenvalue weighted by Gasteiger charge is -2.08. The van der Waals surface area contributed by atoms with Crippen molar-refractivity contribution in [3.8, 4) is 5.69 Å². The number of carbonyl (C=O) groups is 1. The standard InChI is InChI=1S/C18H16ClN3O2S/c1-3-24-18(23)14-10-17(25-16-9-8-12(2)11-20-16)22(21-14)15-7-5-4-6-13(15)19/h4-11H,3H2,1-2H3. The fourth-order valence-electron chi connectivity index (χ4n) is 2.16. The zero-order valence-corrected chi connectivity index (χ0v) is 15.3. The maximum absolute atomic E-state index is 12.1. The van der Waals surface area contributed by atoms with Crippen LogP contribution >= 0.6 is 23.4 Å². The average molecular weight is 374 g/mol. The lowest BCUT2D eigenvalue weighted by atomic mass is 10.3. The molecule has 0 saturated heterocycles. The Morgan fingerprint density at radius 2 is 2.08 bits per heavy atom. The molecule has 3 aromatic rings. The molecule has 0 aliphatic heterocycles. The van der Waals surface area contributed by atoms with Gasteiger partial charge in [-0.1, -0.05) is 29.8 Å². The highest BCUT2D eigenvalue weighted by atomic mass is 35.5. The smallest absolute Gasteiger partial charge is 0.358 e. The summed E-state index contributed by atoms with van der Waals surface area (Å²) in [5, 5.41) is 6.45. The number of ether oxygens (including phenoxy) is 1. The number of hydrogen-bond acceptors (Lipinski definition) is 5. The topological polar surface area (TPSA) is 57.0 Å². The number of aryl methyl sites for hydroxylation is 1. The normalized spacial score (nSPS) is 10.7. The molecule has 1 aromatic carbocycles. The molecular weight excluding hydrogens is 358 g/mol. The monoisotopic (exact) mass is 373 g/mol. The second-order valence-electron chi connectivity index (χ2n) is 5.23. The Balaban J connectivity index is 2.03. The van der Waals surface area contributed by atoms with Gasteiger partial charge in [0, 0.05) is 12.3 Å². The maximum atomic E-state index is 12.1. The summed E-state index contributed by atoms with van der Waals surface area (Å²) < 4.78 is 6.70. The van der Waals surface area contributed by atoms with Crippen molar-refractivity contribution in [2.24, 2.45) is 0 Å². The number of esters is 1. The quantitative estimate of drug-likeness (QED) is 0.614. The molecule has 5 nitrogen and oxygen atoms in total. The molecule has 0 bridgehead atoms. The van der Waals surface area contributed by atoms with Crippen LogP contribution in [0.2, 0.25) is 5.02 Å². The summed E-state index contributed by atoms with van der Waals surface area (Å²) in [7, 11) is 0. The molecule has 0 saturated carbocycles. The third kappa shape index (κ3) is 4.03. The van der Waals surface area contributed by atoms with Gasteiger partial charge in [0.05, 0.1) is 17.3 Å². The third-order valence-corrected chi connectivity index (χ3v) is 4.61. The van der Waals surface area contributed by atoms with E-state index in [0.29, 0.717) is 17.3 Å². The fraction of sp³-hybridized carbons (Fsp3) is 0.167. The molecule has 25 heavy (non-hydrogen) atoms. The number of para-hydroxylation sites is 1. The highest BCUT2D eigenvalue weighted by molar-refractivity contribution is 7.99. The van der Waals surface area contributed by atoms with E-state index in [-0.39, 0.29) is 5.69 Å². The van der Waals surface area contributed by atoms with Crippen molar-refractivity contribution < 1.29 is 9.53 Å². The number of rotatable bonds is 5. The van der Waals surface area contributed by atoms with Crippen molar-refractivity contribution in [3.63, 3.8) is 0 Å². The van der Waals surface area contributed by atoms with Crippen LogP contribution in [0, 0.1) is 6.92 Å². The number of benzene rings is 1. The Labute approximate surface area is 155 Å². The lowest BCUT2D eigenvalue weighted by molar-refractivity contribution is 0.0519. The highest BCUT2D eigenvalue weighted by Gasteiger charge is 2.18. The number of nitrogens with zero attached hydrogens (tertiary/aromatic N) is 3. The van der Waals surface area contributed by atoms with E-state index in [1.165, 1.54) is 11.8 Å². The third-order valence-electron chi connectivity index (χ3n) is 3.34. The van der Waals surface area contributed by atoms with Gasteiger partial charge in [-0.2, -0.15) is 5.10 Å². The first-order chi connectivity index (χ1) is 12.1. The van der Waals surface area contributed by atoms with E-state index >= 15 is 0 Å². The summed E-state index contributed by atoms with van der Waals surface area (Å²) in [5.74, 6) is -0.466. The van der Waals surface area contributed by atoms with Gasteiger partial charge in [-0.3, -0.25) is 0 Å². The van der Waals surface area contributed by atoms with Gasteiger partial charge in [-0.15, -0.1) is 0 Å². The Kier molecular flexibility index (Phi) is 5.40. The van der Waals surface area contributed by atoms with Crippen molar-refractivity contribution in [1.82, 2.24) is 14.8 Å². The van der Waals surface area contributed by atoms with Crippen molar-refractivity contribution in [3.05, 3.63) is 64.9 Å². The van der Waals surface area contributed by atoms with E-state index in [1.807, 2.05) is 37.3 Å². The molecule has 0 amide bonds. The molecule has 128 valence electrons. The summed E-state index contributed by atoms with van der Waals surface area (Å²) in [5.41, 5.74) is 2.00. The number of pyridine rings is 1. The van der Waals surface area contributed by atoms with E-state index < -0.39 is 5.97 Å². The Morgan fingerprint density at radius 3 is 2.76 bits per heavy atom. The van der Waals surface area contributed by atoms with Crippen LogP contribution in [0.5, 0.6) is 0 Å². The number of hydrogen-bond donors (Lipinski definition) is 0. The molecule has 3 rings (SSSR count). The predicted molar refractivity (Wildman–Crippen MR) is 97.6 cm³/mol. The molecule has 0 aliphatic rings. The van der Waals surface area contributed by atoms with E-state index in [1.54, 1.807) is 29.9 Å². The first-order valence-electron chi connectivity index (χ1n) is 7.71. The van der Waals surface area contributed by atoms with E-state index in [4.69, 9.17) is 16.3 Å². The SMILES string of the molecule is CCOC(=O)c1cc(Sc2ccc(C)cn2)n(-c2ccccc2Cl)n1. The van der Waals surface area contributed by atoms with Gasteiger partial charge >= 0.3 is 5.97 Å². The number of aromatic nitrogens is 3. The van der Waals surface area contributed by atoms with Gasteiger partial charge in [0.15, 0.2) is 5.69 Å². The van der Waals surface area contributed by atoms with Crippen LogP contribution in [0.1, 0.15) is 23.0 Å². The largest absolute Gasteiger partial charge is 0.461 e. The van der Waals surface area contributed by atoms with Crippen molar-refractivity contribution >= 4 is 29.3 Å². The van der Waals surface area contributed by atoms with Crippen LogP contribution in [0.25, 0.3) is 5.69 Å². The van der Waals surface area contributed by atoms with E-state index in [2.05, 4.69) is 10.1 Å². The summed E-state index contributed by atoms with van der Waals surface area (Å²) in [6, 6.07) is 12.9. The van der Waals surface area contributed by atoms with Gasteiger partial charge in [-0.25, -0.2) is 14.5 Å². The second-order valence-corrected chi connectivity index (χ2v) is 6.68. The predicted octanol–water partition coefficient (Wildman–Crippen LogP) is 4.56. The zero-order chi connectivity index (χ0) is 17.8. The van der Waals surface area contributed by atoms with Gasteiger partial charge < -0.3 is 4.74 Å². The van der Waals surface area contributed by atoms with Gasteiger partial charge in [0.1, 0.15) is 10.1 Å². The second kappa shape index (κ2) is 7.72. The summed E-state index contributed by atoms with van der Waals surface area (Å²) >= 11 is 7.71. The van der Waals surface area contributed by atoms with Crippen molar-refractivity contribution in [2.45, 2.75) is 23.9 Å². The van der Waals surface area contributed by atoms with Crippen LogP contribution in [-0.2, 0) is 4.74 Å². The number of carbonyl (C=O) groups excluding carboxylic acids is 1. The minimum Gasteiger partial charge on any atom is -0.461 e. The number of halogens is 1. The Morgan fingerprint density at radius 1 is 1.28 bits per heavy atom. The van der Waals surface area contributed by atoms with Gasteiger partial charge in [0.25, 0.3) is 0 Å². The van der Waals surface area contributed by atoms with E-state index in [0.717, 1.165) is 15.6 Å².